The van der Waals surface area contributed by atoms with Crippen molar-refractivity contribution in [2.75, 3.05) is 27.2 Å². The van der Waals surface area contributed by atoms with Gasteiger partial charge in [-0.1, -0.05) is 30.3 Å². The van der Waals surface area contributed by atoms with Gasteiger partial charge in [-0.2, -0.15) is 0 Å². The van der Waals surface area contributed by atoms with Crippen LogP contribution in [0.1, 0.15) is 5.56 Å². The van der Waals surface area contributed by atoms with Crippen LogP contribution in [0.2, 0.25) is 0 Å². The van der Waals surface area contributed by atoms with Gasteiger partial charge in [0.2, 0.25) is 0 Å². The van der Waals surface area contributed by atoms with Crippen LogP contribution in [0.25, 0.3) is 0 Å². The highest BCUT2D eigenvalue weighted by atomic mass is 31.1. The summed E-state index contributed by atoms with van der Waals surface area (Å²) in [5, 5.41) is 0. The molecule has 3 heteroatoms. The van der Waals surface area contributed by atoms with Gasteiger partial charge in [0.15, 0.2) is 0 Å². The average molecular weight is 208 g/mol. The summed E-state index contributed by atoms with van der Waals surface area (Å²) in [6, 6.07) is 10.8. The lowest BCUT2D eigenvalue weighted by Crippen LogP contribution is -2.09. The minimum Gasteiger partial charge on any atom is -0.271 e. The first kappa shape index (κ1) is 10.1. The fourth-order valence-electron chi connectivity index (χ4n) is 1.77. The van der Waals surface area contributed by atoms with Crippen molar-refractivity contribution in [2.24, 2.45) is 0 Å². The van der Waals surface area contributed by atoms with E-state index in [2.05, 4.69) is 53.8 Å². The van der Waals surface area contributed by atoms with E-state index in [1.54, 1.807) is 0 Å². The van der Waals surface area contributed by atoms with Crippen LogP contribution in [0.5, 0.6) is 0 Å². The molecule has 0 aliphatic carbocycles. The molecule has 0 saturated carbocycles. The van der Waals surface area contributed by atoms with Gasteiger partial charge < -0.3 is 0 Å². The summed E-state index contributed by atoms with van der Waals surface area (Å²) in [5.41, 5.74) is 1.46. The van der Waals surface area contributed by atoms with E-state index in [0.717, 1.165) is 0 Å². The Balaban J connectivity index is 2.04. The first-order valence-corrected chi connectivity index (χ1v) is 6.44. The van der Waals surface area contributed by atoms with Crippen molar-refractivity contribution in [2.45, 2.75) is 6.16 Å². The smallest absolute Gasteiger partial charge is 0.0436 e. The zero-order valence-corrected chi connectivity index (χ0v) is 9.74. The van der Waals surface area contributed by atoms with E-state index in [1.807, 2.05) is 0 Å². The van der Waals surface area contributed by atoms with Crippen LogP contribution in [0.4, 0.5) is 0 Å². The third-order valence-corrected chi connectivity index (χ3v) is 5.33. The van der Waals surface area contributed by atoms with Gasteiger partial charge in [-0.25, -0.2) is 0 Å². The minimum atomic E-state index is -0.0772. The van der Waals surface area contributed by atoms with Crippen LogP contribution in [0.3, 0.4) is 0 Å². The second-order valence-corrected chi connectivity index (χ2v) is 6.20. The Labute approximate surface area is 87.4 Å². The lowest BCUT2D eigenvalue weighted by molar-refractivity contribution is 0.553. The largest absolute Gasteiger partial charge is 0.271 e. The first-order valence-electron chi connectivity index (χ1n) is 5.01. The van der Waals surface area contributed by atoms with Gasteiger partial charge in [0.25, 0.3) is 0 Å². The fraction of sp³-hybridized carbons (Fsp3) is 0.455. The highest BCUT2D eigenvalue weighted by Crippen LogP contribution is 2.48. The van der Waals surface area contributed by atoms with Gasteiger partial charge in [-0.05, 0) is 19.7 Å². The third kappa shape index (κ3) is 2.14. The second-order valence-electron chi connectivity index (χ2n) is 3.78. The van der Waals surface area contributed by atoms with Crippen molar-refractivity contribution in [1.29, 1.82) is 0 Å². The Morgan fingerprint density at radius 1 is 1.07 bits per heavy atom. The summed E-state index contributed by atoms with van der Waals surface area (Å²) in [5.74, 6) is 0. The van der Waals surface area contributed by atoms with E-state index in [0.29, 0.717) is 0 Å². The quantitative estimate of drug-likeness (QED) is 0.688. The monoisotopic (exact) mass is 208 g/mol. The number of hydrogen-bond donors (Lipinski definition) is 0. The molecule has 1 heterocycles. The molecule has 0 radical (unpaired) electrons. The zero-order chi connectivity index (χ0) is 9.97. The van der Waals surface area contributed by atoms with Gasteiger partial charge in [0, 0.05) is 27.5 Å². The molecule has 2 nitrogen and oxygen atoms in total. The van der Waals surface area contributed by atoms with E-state index >= 15 is 0 Å². The maximum atomic E-state index is 2.49. The molecule has 1 aliphatic heterocycles. The van der Waals surface area contributed by atoms with Crippen molar-refractivity contribution in [3.05, 3.63) is 35.9 Å². The Kier molecular flexibility index (Phi) is 3.17. The molecule has 2 rings (SSSR count). The van der Waals surface area contributed by atoms with Gasteiger partial charge in [-0.3, -0.25) is 9.34 Å². The minimum absolute atomic E-state index is 0.0772. The second kappa shape index (κ2) is 4.39. The normalized spacial score (nSPS) is 20.4. The molecular formula is C11H17N2P. The molecular weight excluding hydrogens is 191 g/mol. The number of likely N-dealkylation sites (N-methyl/N-ethyl adjacent to an activating group) is 2. The molecule has 0 atom stereocenters. The van der Waals surface area contributed by atoms with Crippen molar-refractivity contribution in [3.8, 4) is 0 Å². The molecule has 1 aliphatic rings. The molecule has 0 aromatic heterocycles. The predicted octanol–water partition coefficient (Wildman–Crippen LogP) is 2.38. The summed E-state index contributed by atoms with van der Waals surface area (Å²) in [7, 11) is 4.39. The molecule has 1 saturated heterocycles. The standard InChI is InChI=1S/C11H17N2P/c1-12-8-9-13(2)14(12)10-11-6-4-3-5-7-11/h3-7H,8-10H2,1-2H3. The Hall–Kier alpha value is -0.430. The van der Waals surface area contributed by atoms with Crippen molar-refractivity contribution in [3.63, 3.8) is 0 Å². The Bertz CT molecular complexity index is 279. The number of hydrogen-bond acceptors (Lipinski definition) is 2. The van der Waals surface area contributed by atoms with Crippen LogP contribution in [-0.4, -0.2) is 36.5 Å². The van der Waals surface area contributed by atoms with E-state index < -0.39 is 0 Å². The predicted molar refractivity (Wildman–Crippen MR) is 62.3 cm³/mol. The molecule has 76 valence electrons. The fourth-order valence-corrected chi connectivity index (χ4v) is 3.95. The lowest BCUT2D eigenvalue weighted by Gasteiger charge is -2.24. The maximum Gasteiger partial charge on any atom is 0.0436 e. The SMILES string of the molecule is CN1CCN(C)P1Cc1ccccc1. The summed E-state index contributed by atoms with van der Waals surface area (Å²) < 4.78 is 4.98. The third-order valence-electron chi connectivity index (χ3n) is 2.70. The summed E-state index contributed by atoms with van der Waals surface area (Å²) >= 11 is 0. The molecule has 0 N–H and O–H groups in total. The van der Waals surface area contributed by atoms with Gasteiger partial charge >= 0.3 is 0 Å². The van der Waals surface area contributed by atoms with Gasteiger partial charge in [-0.15, -0.1) is 0 Å². The molecule has 1 fully saturated rings. The van der Waals surface area contributed by atoms with E-state index in [-0.39, 0.29) is 8.22 Å². The molecule has 1 aromatic carbocycles. The van der Waals surface area contributed by atoms with Gasteiger partial charge in [0.05, 0.1) is 0 Å². The highest BCUT2D eigenvalue weighted by molar-refractivity contribution is 7.52. The topological polar surface area (TPSA) is 6.48 Å². The highest BCUT2D eigenvalue weighted by Gasteiger charge is 2.25. The Morgan fingerprint density at radius 2 is 1.64 bits per heavy atom. The number of nitrogens with zero attached hydrogens (tertiary/aromatic N) is 2. The number of rotatable bonds is 2. The van der Waals surface area contributed by atoms with E-state index in [4.69, 9.17) is 0 Å². The van der Waals surface area contributed by atoms with Crippen LogP contribution in [0, 0.1) is 0 Å². The van der Waals surface area contributed by atoms with Crippen molar-refractivity contribution >= 4 is 8.22 Å². The van der Waals surface area contributed by atoms with Crippen molar-refractivity contribution < 1.29 is 0 Å². The van der Waals surface area contributed by atoms with Crippen LogP contribution in [0.15, 0.2) is 30.3 Å². The number of benzene rings is 1. The summed E-state index contributed by atoms with van der Waals surface area (Å²) in [6.45, 7) is 2.43. The van der Waals surface area contributed by atoms with E-state index in [1.165, 1.54) is 24.8 Å². The van der Waals surface area contributed by atoms with Crippen LogP contribution >= 0.6 is 8.22 Å². The van der Waals surface area contributed by atoms with E-state index in [9.17, 15) is 0 Å². The maximum absolute atomic E-state index is 2.49. The Morgan fingerprint density at radius 3 is 2.21 bits per heavy atom. The molecule has 0 unspecified atom stereocenters. The van der Waals surface area contributed by atoms with Crippen LogP contribution < -0.4 is 0 Å². The van der Waals surface area contributed by atoms with Crippen LogP contribution in [-0.2, 0) is 6.16 Å². The molecule has 0 bridgehead atoms. The average Bonchev–Trinajstić information content (AvgIpc) is 2.51. The van der Waals surface area contributed by atoms with Gasteiger partial charge in [0.1, 0.15) is 0 Å². The molecule has 1 aromatic rings. The summed E-state index contributed by atoms with van der Waals surface area (Å²) in [4.78, 5) is 0. The summed E-state index contributed by atoms with van der Waals surface area (Å²) in [6.07, 6.45) is 1.20. The molecule has 0 spiro atoms. The lowest BCUT2D eigenvalue weighted by atomic mass is 10.2. The van der Waals surface area contributed by atoms with Crippen molar-refractivity contribution in [1.82, 2.24) is 9.34 Å². The molecule has 0 amide bonds. The zero-order valence-electron chi connectivity index (χ0n) is 8.85. The molecule has 14 heavy (non-hydrogen) atoms. The first-order chi connectivity index (χ1) is 6.77.